The molecule has 1 heterocycles. The average Bonchev–Trinajstić information content (AvgIpc) is 2.40. The Morgan fingerprint density at radius 1 is 1.05 bits per heavy atom. The van der Waals surface area contributed by atoms with Crippen molar-refractivity contribution in [3.63, 3.8) is 0 Å². The van der Waals surface area contributed by atoms with Crippen LogP contribution in [0.25, 0.3) is 0 Å². The quantitative estimate of drug-likeness (QED) is 0.853. The molecule has 3 nitrogen and oxygen atoms in total. The molecule has 0 radical (unpaired) electrons. The largest absolute Gasteiger partial charge is 0.340 e. The zero-order chi connectivity index (χ0) is 15.5. The van der Waals surface area contributed by atoms with Crippen LogP contribution in [0.2, 0.25) is 0 Å². The Bertz CT molecular complexity index is 465. The van der Waals surface area contributed by atoms with E-state index < -0.39 is 0 Å². The van der Waals surface area contributed by atoms with Crippen molar-refractivity contribution >= 4 is 5.91 Å². The predicted octanol–water partition coefficient (Wildman–Crippen LogP) is 3.08. The summed E-state index contributed by atoms with van der Waals surface area (Å²) in [5.41, 5.74) is 2.74. The zero-order valence-corrected chi connectivity index (χ0v) is 13.9. The van der Waals surface area contributed by atoms with Crippen LogP contribution in [0.4, 0.5) is 0 Å². The highest BCUT2D eigenvalue weighted by Gasteiger charge is 2.24. The van der Waals surface area contributed by atoms with E-state index in [0.717, 1.165) is 32.7 Å². The van der Waals surface area contributed by atoms with Gasteiger partial charge in [0, 0.05) is 39.1 Å². The number of hydrogen-bond acceptors (Lipinski definition) is 2. The van der Waals surface area contributed by atoms with E-state index in [-0.39, 0.29) is 5.41 Å². The molecule has 0 N–H and O–H groups in total. The molecule has 3 heteroatoms. The number of nitrogens with zero attached hydrogens (tertiary/aromatic N) is 2. The van der Waals surface area contributed by atoms with Crippen LogP contribution in [0.1, 0.15) is 38.3 Å². The molecule has 0 atom stereocenters. The molecule has 0 spiro atoms. The van der Waals surface area contributed by atoms with E-state index in [9.17, 15) is 4.79 Å². The molecule has 21 heavy (non-hydrogen) atoms. The molecule has 0 unspecified atom stereocenters. The first-order valence-corrected chi connectivity index (χ1v) is 7.89. The van der Waals surface area contributed by atoms with Gasteiger partial charge in [0.05, 0.1) is 0 Å². The summed E-state index contributed by atoms with van der Waals surface area (Å²) in [4.78, 5) is 16.7. The summed E-state index contributed by atoms with van der Waals surface area (Å²) in [6, 6.07) is 8.73. The van der Waals surface area contributed by atoms with Gasteiger partial charge in [0.15, 0.2) is 0 Å². The molecule has 1 fully saturated rings. The Hall–Kier alpha value is -1.35. The maximum Gasteiger partial charge on any atom is 0.223 e. The molecule has 2 rings (SSSR count). The highest BCUT2D eigenvalue weighted by molar-refractivity contribution is 5.76. The fourth-order valence-electron chi connectivity index (χ4n) is 2.67. The minimum Gasteiger partial charge on any atom is -0.340 e. The van der Waals surface area contributed by atoms with Crippen molar-refractivity contribution < 1.29 is 4.79 Å². The Balaban J connectivity index is 1.80. The molecule has 0 aliphatic carbocycles. The summed E-state index contributed by atoms with van der Waals surface area (Å²) in [6.07, 6.45) is 0.644. The van der Waals surface area contributed by atoms with Gasteiger partial charge >= 0.3 is 0 Å². The second-order valence-electron chi connectivity index (χ2n) is 7.38. The molecule has 0 bridgehead atoms. The van der Waals surface area contributed by atoms with Crippen LogP contribution in [-0.2, 0) is 11.3 Å². The van der Waals surface area contributed by atoms with Gasteiger partial charge in [-0.2, -0.15) is 0 Å². The van der Waals surface area contributed by atoms with Crippen LogP contribution in [0.3, 0.4) is 0 Å². The monoisotopic (exact) mass is 288 g/mol. The molecule has 1 saturated heterocycles. The van der Waals surface area contributed by atoms with Crippen molar-refractivity contribution in [1.82, 2.24) is 9.80 Å². The van der Waals surface area contributed by atoms with Gasteiger partial charge in [-0.15, -0.1) is 0 Å². The minimum atomic E-state index is 0.0795. The summed E-state index contributed by atoms with van der Waals surface area (Å²) in [6.45, 7) is 13.1. The summed E-state index contributed by atoms with van der Waals surface area (Å²) in [5.74, 6) is 0.303. The third-order valence-corrected chi connectivity index (χ3v) is 3.93. The standard InChI is InChI=1S/C18H28N2O/c1-15-5-7-16(8-6-15)14-19-9-11-20(12-10-19)17(21)13-18(2,3)4/h5-8H,9-14H2,1-4H3. The number of amides is 1. The van der Waals surface area contributed by atoms with Crippen LogP contribution in [0.15, 0.2) is 24.3 Å². The zero-order valence-electron chi connectivity index (χ0n) is 13.9. The first-order chi connectivity index (χ1) is 9.83. The number of carbonyl (C=O) groups is 1. The molecular weight excluding hydrogens is 260 g/mol. The van der Waals surface area contributed by atoms with Gasteiger partial charge in [-0.3, -0.25) is 9.69 Å². The number of piperazine rings is 1. The topological polar surface area (TPSA) is 23.6 Å². The molecule has 1 amide bonds. The second-order valence-corrected chi connectivity index (χ2v) is 7.38. The van der Waals surface area contributed by atoms with Crippen molar-refractivity contribution in [2.75, 3.05) is 26.2 Å². The maximum atomic E-state index is 12.2. The summed E-state index contributed by atoms with van der Waals surface area (Å²) >= 11 is 0. The van der Waals surface area contributed by atoms with Crippen LogP contribution in [0, 0.1) is 12.3 Å². The number of hydrogen-bond donors (Lipinski definition) is 0. The number of rotatable bonds is 3. The van der Waals surface area contributed by atoms with Crippen molar-refractivity contribution in [3.05, 3.63) is 35.4 Å². The Kier molecular flexibility index (Phi) is 5.04. The third kappa shape index (κ3) is 5.16. The highest BCUT2D eigenvalue weighted by Crippen LogP contribution is 2.20. The fraction of sp³-hybridized carbons (Fsp3) is 0.611. The van der Waals surface area contributed by atoms with Crippen LogP contribution in [0.5, 0.6) is 0 Å². The normalized spacial score (nSPS) is 17.0. The average molecular weight is 288 g/mol. The van der Waals surface area contributed by atoms with Gasteiger partial charge in [-0.1, -0.05) is 50.6 Å². The summed E-state index contributed by atoms with van der Waals surface area (Å²) < 4.78 is 0. The molecule has 1 aromatic carbocycles. The Labute approximate surface area is 128 Å². The number of benzene rings is 1. The predicted molar refractivity (Wildman–Crippen MR) is 87.1 cm³/mol. The Morgan fingerprint density at radius 2 is 1.62 bits per heavy atom. The van der Waals surface area contributed by atoms with Crippen molar-refractivity contribution in [2.24, 2.45) is 5.41 Å². The van der Waals surface area contributed by atoms with Crippen molar-refractivity contribution in [1.29, 1.82) is 0 Å². The van der Waals surface area contributed by atoms with Crippen LogP contribution >= 0.6 is 0 Å². The summed E-state index contributed by atoms with van der Waals surface area (Å²) in [5, 5.41) is 0. The fourth-order valence-corrected chi connectivity index (χ4v) is 2.67. The lowest BCUT2D eigenvalue weighted by molar-refractivity contribution is -0.134. The highest BCUT2D eigenvalue weighted by atomic mass is 16.2. The molecule has 1 aliphatic rings. The Morgan fingerprint density at radius 3 is 2.14 bits per heavy atom. The van der Waals surface area contributed by atoms with Gasteiger partial charge in [-0.05, 0) is 17.9 Å². The molecular formula is C18H28N2O. The van der Waals surface area contributed by atoms with Crippen molar-refractivity contribution in [3.8, 4) is 0 Å². The van der Waals surface area contributed by atoms with E-state index in [0.29, 0.717) is 12.3 Å². The number of aryl methyl sites for hydroxylation is 1. The van der Waals surface area contributed by atoms with E-state index in [4.69, 9.17) is 0 Å². The number of carbonyl (C=O) groups excluding carboxylic acids is 1. The second kappa shape index (κ2) is 6.61. The van der Waals surface area contributed by atoms with E-state index >= 15 is 0 Å². The van der Waals surface area contributed by atoms with Gasteiger partial charge in [0.2, 0.25) is 5.91 Å². The van der Waals surface area contributed by atoms with Crippen LogP contribution in [-0.4, -0.2) is 41.9 Å². The maximum absolute atomic E-state index is 12.2. The first-order valence-electron chi connectivity index (χ1n) is 7.89. The van der Waals surface area contributed by atoms with Gasteiger partial charge in [0.1, 0.15) is 0 Å². The minimum absolute atomic E-state index is 0.0795. The molecule has 0 aromatic heterocycles. The van der Waals surface area contributed by atoms with E-state index in [1.807, 2.05) is 4.90 Å². The lowest BCUT2D eigenvalue weighted by Gasteiger charge is -2.36. The first kappa shape index (κ1) is 16.0. The van der Waals surface area contributed by atoms with Gasteiger partial charge in [-0.25, -0.2) is 0 Å². The van der Waals surface area contributed by atoms with E-state index in [1.165, 1.54) is 11.1 Å². The van der Waals surface area contributed by atoms with E-state index in [1.54, 1.807) is 0 Å². The van der Waals surface area contributed by atoms with Crippen molar-refractivity contribution in [2.45, 2.75) is 40.7 Å². The van der Waals surface area contributed by atoms with Gasteiger partial charge in [0.25, 0.3) is 0 Å². The van der Waals surface area contributed by atoms with E-state index in [2.05, 4.69) is 56.9 Å². The SMILES string of the molecule is Cc1ccc(CN2CCN(C(=O)CC(C)(C)C)CC2)cc1. The van der Waals surface area contributed by atoms with Gasteiger partial charge < -0.3 is 4.90 Å². The smallest absolute Gasteiger partial charge is 0.223 e. The molecule has 0 saturated carbocycles. The molecule has 1 aliphatic heterocycles. The molecule has 1 aromatic rings. The third-order valence-electron chi connectivity index (χ3n) is 3.93. The van der Waals surface area contributed by atoms with Crippen LogP contribution < -0.4 is 0 Å². The summed E-state index contributed by atoms with van der Waals surface area (Å²) in [7, 11) is 0. The lowest BCUT2D eigenvalue weighted by atomic mass is 9.91. The lowest BCUT2D eigenvalue weighted by Crippen LogP contribution is -2.48. The molecule has 116 valence electrons.